The Morgan fingerprint density at radius 3 is 2.26 bits per heavy atom. The van der Waals surface area contributed by atoms with Crippen molar-refractivity contribution in [3.05, 3.63) is 26.9 Å². The number of sulfonamides is 1. The molecule has 1 aromatic heterocycles. The number of piperidine rings is 2. The molecule has 3 heterocycles. The topological polar surface area (TPSA) is 108 Å². The standard InChI is InChI=1S/C17H21ClN4O3S2/c18-16-2-1-15(26-16)14(11-19)12-3-7-21(8-4-12)17(23)22-9-5-13(6-10-22)27(20,24)25/h1-2,13H,3-10H2,(H2,20,24,25). The second kappa shape index (κ2) is 8.19. The number of rotatable bonds is 2. The summed E-state index contributed by atoms with van der Waals surface area (Å²) in [5.41, 5.74) is 1.71. The third-order valence-corrected chi connectivity index (χ3v) is 7.75. The van der Waals surface area contributed by atoms with E-state index in [0.29, 0.717) is 61.8 Å². The van der Waals surface area contributed by atoms with Crippen LogP contribution < -0.4 is 5.14 Å². The number of likely N-dealkylation sites (tertiary alicyclic amines) is 2. The van der Waals surface area contributed by atoms with Crippen LogP contribution in [0.3, 0.4) is 0 Å². The van der Waals surface area contributed by atoms with Crippen molar-refractivity contribution < 1.29 is 13.2 Å². The third kappa shape index (κ3) is 4.63. The van der Waals surface area contributed by atoms with Gasteiger partial charge in [-0.3, -0.25) is 0 Å². The van der Waals surface area contributed by atoms with Crippen molar-refractivity contribution in [2.45, 2.75) is 30.9 Å². The smallest absolute Gasteiger partial charge is 0.320 e. The summed E-state index contributed by atoms with van der Waals surface area (Å²) in [6, 6.07) is 5.84. The van der Waals surface area contributed by atoms with Crippen LogP contribution in [0.4, 0.5) is 4.79 Å². The lowest BCUT2D eigenvalue weighted by Gasteiger charge is -2.37. The molecule has 2 aliphatic heterocycles. The summed E-state index contributed by atoms with van der Waals surface area (Å²) in [6.07, 6.45) is 2.05. The van der Waals surface area contributed by atoms with Crippen LogP contribution in [-0.4, -0.2) is 55.7 Å². The Bertz CT molecular complexity index is 886. The van der Waals surface area contributed by atoms with E-state index in [4.69, 9.17) is 16.7 Å². The van der Waals surface area contributed by atoms with Crippen molar-refractivity contribution in [2.24, 2.45) is 5.14 Å². The Hall–Kier alpha value is -1.60. The fourth-order valence-electron chi connectivity index (χ4n) is 3.55. The SMILES string of the molecule is N#CC(=C1CCN(C(=O)N2CCC(S(N)(=O)=O)CC2)CC1)c1ccc(Cl)s1. The molecule has 2 N–H and O–H groups in total. The number of nitrogens with two attached hydrogens (primary N) is 1. The van der Waals surface area contributed by atoms with Crippen molar-refractivity contribution in [2.75, 3.05) is 26.2 Å². The van der Waals surface area contributed by atoms with E-state index in [1.807, 2.05) is 6.07 Å². The number of amides is 2. The Morgan fingerprint density at radius 2 is 1.78 bits per heavy atom. The van der Waals surface area contributed by atoms with Gasteiger partial charge in [0.15, 0.2) is 0 Å². The Morgan fingerprint density at radius 1 is 1.19 bits per heavy atom. The van der Waals surface area contributed by atoms with Gasteiger partial charge >= 0.3 is 6.03 Å². The molecule has 0 atom stereocenters. The van der Waals surface area contributed by atoms with Crippen LogP contribution in [0.2, 0.25) is 4.34 Å². The van der Waals surface area contributed by atoms with Gasteiger partial charge in [0.2, 0.25) is 10.0 Å². The summed E-state index contributed by atoms with van der Waals surface area (Å²) >= 11 is 7.36. The molecule has 0 unspecified atom stereocenters. The third-order valence-electron chi connectivity index (χ3n) is 5.10. The average Bonchev–Trinajstić information content (AvgIpc) is 3.08. The largest absolute Gasteiger partial charge is 0.325 e. The van der Waals surface area contributed by atoms with Crippen LogP contribution in [0.25, 0.3) is 5.57 Å². The van der Waals surface area contributed by atoms with Gasteiger partial charge in [-0.05, 0) is 43.4 Å². The number of thiophene rings is 1. The van der Waals surface area contributed by atoms with Crippen LogP contribution in [0, 0.1) is 11.3 Å². The fraction of sp³-hybridized carbons (Fsp3) is 0.529. The first-order valence-corrected chi connectivity index (χ1v) is 11.5. The number of primary sulfonamides is 1. The highest BCUT2D eigenvalue weighted by molar-refractivity contribution is 7.89. The van der Waals surface area contributed by atoms with Crippen LogP contribution in [-0.2, 0) is 10.0 Å². The zero-order valence-electron chi connectivity index (χ0n) is 14.7. The lowest BCUT2D eigenvalue weighted by molar-refractivity contribution is 0.140. The summed E-state index contributed by atoms with van der Waals surface area (Å²) < 4.78 is 23.5. The Balaban J connectivity index is 1.60. The molecule has 0 aromatic carbocycles. The summed E-state index contributed by atoms with van der Waals surface area (Å²) in [5, 5.41) is 14.2. The summed E-state index contributed by atoms with van der Waals surface area (Å²) in [5.74, 6) is 0. The van der Waals surface area contributed by atoms with E-state index in [-0.39, 0.29) is 6.03 Å². The molecule has 146 valence electrons. The summed E-state index contributed by atoms with van der Waals surface area (Å²) in [7, 11) is -3.54. The predicted octanol–water partition coefficient (Wildman–Crippen LogP) is 2.65. The number of nitriles is 1. The number of carbonyl (C=O) groups is 1. The molecule has 2 aliphatic rings. The van der Waals surface area contributed by atoms with Crippen molar-refractivity contribution in [1.82, 2.24) is 9.80 Å². The van der Waals surface area contributed by atoms with Gasteiger partial charge in [-0.1, -0.05) is 11.6 Å². The van der Waals surface area contributed by atoms with Gasteiger partial charge in [0.05, 0.1) is 15.2 Å². The van der Waals surface area contributed by atoms with E-state index in [0.717, 1.165) is 10.5 Å². The number of hydrogen-bond acceptors (Lipinski definition) is 5. The number of halogens is 1. The second-order valence-corrected chi connectivity index (χ2v) is 10.3. The minimum atomic E-state index is -3.54. The van der Waals surface area contributed by atoms with Gasteiger partial charge < -0.3 is 9.80 Å². The molecule has 10 heteroatoms. The molecule has 3 rings (SSSR count). The number of carbonyl (C=O) groups excluding carboxylic acids is 1. The van der Waals surface area contributed by atoms with Crippen molar-refractivity contribution in [3.8, 4) is 6.07 Å². The monoisotopic (exact) mass is 428 g/mol. The van der Waals surface area contributed by atoms with Gasteiger partial charge in [0, 0.05) is 31.1 Å². The van der Waals surface area contributed by atoms with E-state index in [1.165, 1.54) is 11.3 Å². The molecular formula is C17H21ClN4O3S2. The molecule has 0 saturated carbocycles. The van der Waals surface area contributed by atoms with Crippen molar-refractivity contribution in [3.63, 3.8) is 0 Å². The van der Waals surface area contributed by atoms with Gasteiger partial charge in [0.1, 0.15) is 6.07 Å². The first kappa shape index (κ1) is 20.1. The number of urea groups is 1. The number of hydrogen-bond donors (Lipinski definition) is 1. The minimum Gasteiger partial charge on any atom is -0.325 e. The Labute approximate surface area is 168 Å². The van der Waals surface area contributed by atoms with Gasteiger partial charge in [0.25, 0.3) is 0 Å². The molecule has 0 aliphatic carbocycles. The molecule has 2 amide bonds. The van der Waals surface area contributed by atoms with E-state index < -0.39 is 15.3 Å². The summed E-state index contributed by atoms with van der Waals surface area (Å²) in [6.45, 7) is 1.90. The van der Waals surface area contributed by atoms with Crippen LogP contribution >= 0.6 is 22.9 Å². The highest BCUT2D eigenvalue weighted by atomic mass is 35.5. The molecule has 0 spiro atoms. The molecule has 7 nitrogen and oxygen atoms in total. The summed E-state index contributed by atoms with van der Waals surface area (Å²) in [4.78, 5) is 17.0. The molecule has 1 aromatic rings. The molecule has 27 heavy (non-hydrogen) atoms. The molecule has 0 radical (unpaired) electrons. The highest BCUT2D eigenvalue weighted by Crippen LogP contribution is 2.33. The van der Waals surface area contributed by atoms with E-state index >= 15 is 0 Å². The highest BCUT2D eigenvalue weighted by Gasteiger charge is 2.32. The second-order valence-electron chi connectivity index (χ2n) is 6.74. The minimum absolute atomic E-state index is 0.0698. The molecule has 2 saturated heterocycles. The predicted molar refractivity (Wildman–Crippen MR) is 106 cm³/mol. The van der Waals surface area contributed by atoms with Gasteiger partial charge in [-0.15, -0.1) is 11.3 Å². The average molecular weight is 429 g/mol. The Kier molecular flexibility index (Phi) is 6.11. The lowest BCUT2D eigenvalue weighted by atomic mass is 9.97. The zero-order valence-corrected chi connectivity index (χ0v) is 17.1. The van der Waals surface area contributed by atoms with Gasteiger partial charge in [-0.2, -0.15) is 5.26 Å². The number of nitrogens with zero attached hydrogens (tertiary/aromatic N) is 3. The molecule has 2 fully saturated rings. The van der Waals surface area contributed by atoms with E-state index in [9.17, 15) is 18.5 Å². The van der Waals surface area contributed by atoms with Crippen LogP contribution in [0.1, 0.15) is 30.6 Å². The molecular weight excluding hydrogens is 408 g/mol. The first-order chi connectivity index (χ1) is 12.8. The zero-order chi connectivity index (χ0) is 19.6. The van der Waals surface area contributed by atoms with E-state index in [1.54, 1.807) is 15.9 Å². The number of allylic oxidation sites excluding steroid dienone is 1. The van der Waals surface area contributed by atoms with Crippen LogP contribution in [0.5, 0.6) is 0 Å². The fourth-order valence-corrected chi connectivity index (χ4v) is 5.51. The quantitative estimate of drug-likeness (QED) is 0.730. The van der Waals surface area contributed by atoms with Crippen LogP contribution in [0.15, 0.2) is 17.7 Å². The first-order valence-electron chi connectivity index (χ1n) is 8.73. The van der Waals surface area contributed by atoms with Crippen molar-refractivity contribution >= 4 is 44.6 Å². The van der Waals surface area contributed by atoms with E-state index in [2.05, 4.69) is 6.07 Å². The maximum Gasteiger partial charge on any atom is 0.320 e. The lowest BCUT2D eigenvalue weighted by Crippen LogP contribution is -2.50. The maximum atomic E-state index is 12.7. The normalized spacial score (nSPS) is 19.1. The van der Waals surface area contributed by atoms with Crippen molar-refractivity contribution in [1.29, 1.82) is 5.26 Å². The van der Waals surface area contributed by atoms with Gasteiger partial charge in [-0.25, -0.2) is 18.4 Å². The molecule has 0 bridgehead atoms. The maximum absolute atomic E-state index is 12.7.